The van der Waals surface area contributed by atoms with Gasteiger partial charge in [0.25, 0.3) is 11.8 Å². The first kappa shape index (κ1) is 19.3. The fraction of sp³-hybridized carbons (Fsp3) is 0.421. The molecule has 1 aromatic heterocycles. The zero-order valence-corrected chi connectivity index (χ0v) is 14.6. The van der Waals surface area contributed by atoms with Crippen LogP contribution in [-0.4, -0.2) is 47.1 Å². The predicted molar refractivity (Wildman–Crippen MR) is 92.5 cm³/mol. The maximum Gasteiger partial charge on any atom is 0.254 e. The molecule has 1 saturated heterocycles. The third kappa shape index (κ3) is 4.82. The molecule has 0 radical (unpaired) electrons. The lowest BCUT2D eigenvalue weighted by Crippen LogP contribution is -2.45. The molecule has 1 aliphatic heterocycles. The Kier molecular flexibility index (Phi) is 5.74. The monoisotopic (exact) mass is 379 g/mol. The average Bonchev–Trinajstić information content (AvgIpc) is 2.64. The molecule has 144 valence electrons. The molecule has 0 aromatic carbocycles. The highest BCUT2D eigenvalue weighted by Gasteiger charge is 2.37. The zero-order chi connectivity index (χ0) is 19.4. The number of halogens is 3. The topological polar surface area (TPSA) is 62.3 Å². The van der Waals surface area contributed by atoms with Crippen molar-refractivity contribution in [2.24, 2.45) is 0 Å². The van der Waals surface area contributed by atoms with Gasteiger partial charge in [0.05, 0.1) is 11.6 Å². The van der Waals surface area contributed by atoms with Crippen LogP contribution in [0.4, 0.5) is 13.2 Å². The number of ketones is 1. The van der Waals surface area contributed by atoms with Crippen LogP contribution in [0.15, 0.2) is 42.1 Å². The van der Waals surface area contributed by atoms with Gasteiger partial charge in [-0.15, -0.1) is 0 Å². The van der Waals surface area contributed by atoms with Gasteiger partial charge in [-0.25, -0.2) is 13.8 Å². The summed E-state index contributed by atoms with van der Waals surface area (Å²) in [5, 5.41) is 2.70. The number of hydrogen-bond acceptors (Lipinski definition) is 4. The van der Waals surface area contributed by atoms with Crippen LogP contribution >= 0.6 is 0 Å². The van der Waals surface area contributed by atoms with Crippen LogP contribution in [0.3, 0.4) is 0 Å². The van der Waals surface area contributed by atoms with Gasteiger partial charge in [0.1, 0.15) is 0 Å². The highest BCUT2D eigenvalue weighted by molar-refractivity contribution is 6.20. The van der Waals surface area contributed by atoms with Crippen LogP contribution < -0.4 is 5.32 Å². The number of allylic oxidation sites excluding steroid dienone is 3. The summed E-state index contributed by atoms with van der Waals surface area (Å²) in [6.07, 6.45) is 5.72. The molecule has 1 unspecified atom stereocenters. The van der Waals surface area contributed by atoms with Gasteiger partial charge in [-0.1, -0.05) is 18.2 Å². The van der Waals surface area contributed by atoms with Crippen molar-refractivity contribution in [1.29, 1.82) is 0 Å². The van der Waals surface area contributed by atoms with Crippen molar-refractivity contribution in [1.82, 2.24) is 15.2 Å². The maximum atomic E-state index is 13.5. The second-order valence-electron chi connectivity index (χ2n) is 6.67. The Morgan fingerprint density at radius 1 is 1.30 bits per heavy atom. The number of alkyl halides is 2. The largest absolute Gasteiger partial charge is 0.350 e. The van der Waals surface area contributed by atoms with Crippen molar-refractivity contribution in [3.63, 3.8) is 0 Å². The molecule has 2 heterocycles. The Bertz CT molecular complexity index is 765. The summed E-state index contributed by atoms with van der Waals surface area (Å²) in [6, 6.07) is 2.29. The minimum atomic E-state index is -2.70. The van der Waals surface area contributed by atoms with Crippen LogP contribution in [0.25, 0.3) is 0 Å². The Morgan fingerprint density at radius 3 is 2.67 bits per heavy atom. The number of rotatable bonds is 5. The minimum Gasteiger partial charge on any atom is -0.350 e. The fourth-order valence-corrected chi connectivity index (χ4v) is 3.23. The molecule has 1 fully saturated rings. The highest BCUT2D eigenvalue weighted by atomic mass is 19.3. The molecule has 0 saturated carbocycles. The van der Waals surface area contributed by atoms with Gasteiger partial charge < -0.3 is 5.32 Å². The van der Waals surface area contributed by atoms with Crippen LogP contribution in [0.2, 0.25) is 0 Å². The zero-order valence-electron chi connectivity index (χ0n) is 14.6. The smallest absolute Gasteiger partial charge is 0.254 e. The summed E-state index contributed by atoms with van der Waals surface area (Å²) in [6.45, 7) is 0.399. The molecule has 1 aliphatic carbocycles. The Labute approximate surface area is 154 Å². The van der Waals surface area contributed by atoms with Gasteiger partial charge in [-0.05, 0) is 17.7 Å². The summed E-state index contributed by atoms with van der Waals surface area (Å²) in [7, 11) is 0. The molecule has 1 atom stereocenters. The van der Waals surface area contributed by atoms with Crippen molar-refractivity contribution in [3.05, 3.63) is 53.6 Å². The lowest BCUT2D eigenvalue weighted by molar-refractivity contribution is -0.122. The van der Waals surface area contributed by atoms with E-state index in [1.54, 1.807) is 12.2 Å². The van der Waals surface area contributed by atoms with E-state index in [0.717, 1.165) is 0 Å². The SMILES string of the molecule is O=C1CC=CC=C1C(=O)NCC(c1ccc(F)nc1)N1CCC(F)(F)CC1. The molecule has 2 aliphatic rings. The first-order valence-electron chi connectivity index (χ1n) is 8.77. The number of piperidine rings is 1. The summed E-state index contributed by atoms with van der Waals surface area (Å²) in [4.78, 5) is 29.6. The lowest BCUT2D eigenvalue weighted by Gasteiger charge is -2.37. The summed E-state index contributed by atoms with van der Waals surface area (Å²) in [5.41, 5.74) is 0.685. The van der Waals surface area contributed by atoms with E-state index in [0.29, 0.717) is 5.56 Å². The number of carbonyl (C=O) groups is 2. The number of nitrogens with one attached hydrogen (secondary N) is 1. The Morgan fingerprint density at radius 2 is 2.04 bits per heavy atom. The van der Waals surface area contributed by atoms with E-state index in [1.165, 1.54) is 24.4 Å². The van der Waals surface area contributed by atoms with Gasteiger partial charge >= 0.3 is 0 Å². The third-order valence-corrected chi connectivity index (χ3v) is 4.81. The fourth-order valence-electron chi connectivity index (χ4n) is 3.23. The van der Waals surface area contributed by atoms with E-state index in [4.69, 9.17) is 0 Å². The van der Waals surface area contributed by atoms with Crippen molar-refractivity contribution in [2.75, 3.05) is 19.6 Å². The van der Waals surface area contributed by atoms with E-state index in [2.05, 4.69) is 10.3 Å². The summed E-state index contributed by atoms with van der Waals surface area (Å²) >= 11 is 0. The van der Waals surface area contributed by atoms with Crippen molar-refractivity contribution < 1.29 is 22.8 Å². The maximum absolute atomic E-state index is 13.5. The summed E-state index contributed by atoms with van der Waals surface area (Å²) < 4.78 is 40.1. The van der Waals surface area contributed by atoms with Crippen LogP contribution in [0.5, 0.6) is 0 Å². The molecule has 27 heavy (non-hydrogen) atoms. The van der Waals surface area contributed by atoms with Gasteiger partial charge in [-0.3, -0.25) is 14.5 Å². The molecule has 1 N–H and O–H groups in total. The summed E-state index contributed by atoms with van der Waals surface area (Å²) in [5.74, 6) is -4.12. The van der Waals surface area contributed by atoms with Crippen LogP contribution in [-0.2, 0) is 9.59 Å². The molecule has 0 bridgehead atoms. The molecular formula is C19H20F3N3O2. The number of aromatic nitrogens is 1. The number of hydrogen-bond donors (Lipinski definition) is 1. The molecule has 3 rings (SSSR count). The van der Waals surface area contributed by atoms with E-state index in [9.17, 15) is 22.8 Å². The number of likely N-dealkylation sites (tertiary alicyclic amines) is 1. The van der Waals surface area contributed by atoms with Gasteiger partial charge in [0.2, 0.25) is 5.95 Å². The molecule has 8 heteroatoms. The number of nitrogens with zero attached hydrogens (tertiary/aromatic N) is 2. The third-order valence-electron chi connectivity index (χ3n) is 4.81. The van der Waals surface area contributed by atoms with Crippen molar-refractivity contribution in [2.45, 2.75) is 31.2 Å². The Hall–Kier alpha value is -2.48. The molecule has 5 nitrogen and oxygen atoms in total. The first-order chi connectivity index (χ1) is 12.9. The predicted octanol–water partition coefficient (Wildman–Crippen LogP) is 2.56. The van der Waals surface area contributed by atoms with E-state index in [1.807, 2.05) is 4.90 Å². The van der Waals surface area contributed by atoms with Gasteiger partial charge in [-0.2, -0.15) is 4.39 Å². The van der Waals surface area contributed by atoms with E-state index >= 15 is 0 Å². The van der Waals surface area contributed by atoms with E-state index < -0.39 is 23.8 Å². The minimum absolute atomic E-state index is 0.0682. The first-order valence-corrected chi connectivity index (χ1v) is 8.77. The van der Waals surface area contributed by atoms with Crippen molar-refractivity contribution in [3.8, 4) is 0 Å². The highest BCUT2D eigenvalue weighted by Crippen LogP contribution is 2.32. The molecule has 0 spiro atoms. The molecular weight excluding hydrogens is 359 g/mol. The van der Waals surface area contributed by atoms with Crippen LogP contribution in [0.1, 0.15) is 30.9 Å². The number of carbonyl (C=O) groups excluding carboxylic acids is 2. The van der Waals surface area contributed by atoms with E-state index in [-0.39, 0.29) is 50.3 Å². The lowest BCUT2D eigenvalue weighted by atomic mass is 10.00. The standard InChI is InChI=1S/C19H20F3N3O2/c20-17-6-5-13(11-23-17)15(25-9-7-19(21,22)8-10-25)12-24-18(27)14-3-1-2-4-16(14)26/h1-3,5-6,11,15H,4,7-10,12H2,(H,24,27). The quantitative estimate of drug-likeness (QED) is 0.631. The van der Waals surface area contributed by atoms with Crippen molar-refractivity contribution >= 4 is 11.7 Å². The number of pyridine rings is 1. The number of amides is 1. The van der Waals surface area contributed by atoms with Crippen LogP contribution in [0, 0.1) is 5.95 Å². The normalized spacial score (nSPS) is 20.9. The number of Topliss-reactive ketones (excluding diaryl/α,β-unsaturated/α-hetero) is 1. The average molecular weight is 379 g/mol. The van der Waals surface area contributed by atoms with Gasteiger partial charge in [0.15, 0.2) is 5.78 Å². The molecule has 1 amide bonds. The van der Waals surface area contributed by atoms with Gasteiger partial charge in [0, 0.05) is 45.1 Å². The second-order valence-corrected chi connectivity index (χ2v) is 6.67. The molecule has 1 aromatic rings. The Balaban J connectivity index is 1.73. The second kappa shape index (κ2) is 8.04.